The highest BCUT2D eigenvalue weighted by Gasteiger charge is 2.07. The zero-order valence-electron chi connectivity index (χ0n) is 13.3. The highest BCUT2D eigenvalue weighted by molar-refractivity contribution is 6.30. The van der Waals surface area contributed by atoms with Crippen molar-refractivity contribution in [1.82, 2.24) is 5.32 Å². The first-order valence-electron chi connectivity index (χ1n) is 7.78. The Morgan fingerprint density at radius 3 is 2.71 bits per heavy atom. The second kappa shape index (κ2) is 9.59. The van der Waals surface area contributed by atoms with Crippen LogP contribution in [0.25, 0.3) is 0 Å². The predicted octanol–water partition coefficient (Wildman–Crippen LogP) is 3.53. The Morgan fingerprint density at radius 2 is 1.96 bits per heavy atom. The molecule has 0 aromatic heterocycles. The second-order valence-electron chi connectivity index (χ2n) is 5.27. The first-order chi connectivity index (χ1) is 11.7. The molecule has 1 N–H and O–H groups in total. The summed E-state index contributed by atoms with van der Waals surface area (Å²) < 4.78 is 5.88. The van der Waals surface area contributed by atoms with Gasteiger partial charge in [-0.15, -0.1) is 0 Å². The smallest absolute Gasteiger partial charge is 0.234 e. The van der Waals surface area contributed by atoms with E-state index in [-0.39, 0.29) is 12.3 Å². The van der Waals surface area contributed by atoms with Gasteiger partial charge in [0.1, 0.15) is 12.2 Å². The van der Waals surface area contributed by atoms with Crippen LogP contribution in [0.3, 0.4) is 0 Å². The zero-order valence-corrected chi connectivity index (χ0v) is 14.1. The fraction of sp³-hybridized carbons (Fsp3) is 0.263. The van der Waals surface area contributed by atoms with Crippen molar-refractivity contribution in [2.45, 2.75) is 19.3 Å². The average Bonchev–Trinajstić information content (AvgIpc) is 2.58. The van der Waals surface area contributed by atoms with E-state index in [9.17, 15) is 4.79 Å². The molecular weight excluding hydrogens is 324 g/mol. The van der Waals surface area contributed by atoms with E-state index in [1.807, 2.05) is 36.4 Å². The lowest BCUT2D eigenvalue weighted by atomic mass is 10.1. The van der Waals surface area contributed by atoms with Gasteiger partial charge in [0, 0.05) is 18.0 Å². The lowest BCUT2D eigenvalue weighted by Crippen LogP contribution is -2.25. The molecule has 0 unspecified atom stereocenters. The van der Waals surface area contributed by atoms with Gasteiger partial charge in [-0.05, 0) is 35.7 Å². The van der Waals surface area contributed by atoms with Gasteiger partial charge in [-0.2, -0.15) is 5.26 Å². The largest absolute Gasteiger partial charge is 0.493 e. The predicted molar refractivity (Wildman–Crippen MR) is 94.0 cm³/mol. The summed E-state index contributed by atoms with van der Waals surface area (Å²) in [5.41, 5.74) is 2.16. The summed E-state index contributed by atoms with van der Waals surface area (Å²) in [6.07, 6.45) is 1.29. The summed E-state index contributed by atoms with van der Waals surface area (Å²) in [6.45, 7) is 1.01. The van der Waals surface area contributed by atoms with E-state index >= 15 is 0 Å². The molecule has 2 rings (SSSR count). The summed E-state index contributed by atoms with van der Waals surface area (Å²) in [6, 6.07) is 17.4. The Bertz CT molecular complexity index is 711. The van der Waals surface area contributed by atoms with Gasteiger partial charge in [-0.3, -0.25) is 4.79 Å². The van der Waals surface area contributed by atoms with Gasteiger partial charge in [-0.1, -0.05) is 41.9 Å². The Kier molecular flexibility index (Phi) is 7.13. The summed E-state index contributed by atoms with van der Waals surface area (Å²) in [5.74, 6) is 0.496. The highest BCUT2D eigenvalue weighted by atomic mass is 35.5. The maximum absolute atomic E-state index is 11.3. The standard InChI is InChI=1S/C19H19ClN2O2/c20-17-6-7-18(24-13-10-15-4-2-1-3-5-15)16(14-17)9-12-22-19(23)8-11-21/h1-7,14H,8-10,12-13H2,(H,22,23). The van der Waals surface area contributed by atoms with Crippen LogP contribution in [0.5, 0.6) is 5.75 Å². The third-order valence-corrected chi connectivity index (χ3v) is 3.70. The van der Waals surface area contributed by atoms with E-state index < -0.39 is 0 Å². The number of carbonyl (C=O) groups excluding carboxylic acids is 1. The summed E-state index contributed by atoms with van der Waals surface area (Å²) >= 11 is 6.05. The maximum Gasteiger partial charge on any atom is 0.234 e. The summed E-state index contributed by atoms with van der Waals surface area (Å²) in [5, 5.41) is 11.8. The molecule has 124 valence electrons. The Morgan fingerprint density at radius 1 is 1.17 bits per heavy atom. The molecule has 0 fully saturated rings. The van der Waals surface area contributed by atoms with Gasteiger partial charge in [0.25, 0.3) is 0 Å². The molecule has 0 aliphatic rings. The number of hydrogen-bond donors (Lipinski definition) is 1. The SMILES string of the molecule is N#CCC(=O)NCCc1cc(Cl)ccc1OCCc1ccccc1. The van der Waals surface area contributed by atoms with Crippen LogP contribution in [0.2, 0.25) is 5.02 Å². The lowest BCUT2D eigenvalue weighted by Gasteiger charge is -2.12. The average molecular weight is 343 g/mol. The van der Waals surface area contributed by atoms with Gasteiger partial charge in [-0.25, -0.2) is 0 Å². The molecule has 0 saturated carbocycles. The van der Waals surface area contributed by atoms with E-state index in [1.165, 1.54) is 5.56 Å². The molecule has 0 heterocycles. The van der Waals surface area contributed by atoms with Gasteiger partial charge in [0.15, 0.2) is 0 Å². The fourth-order valence-electron chi connectivity index (χ4n) is 2.28. The van der Waals surface area contributed by atoms with Crippen molar-refractivity contribution in [3.05, 3.63) is 64.7 Å². The fourth-order valence-corrected chi connectivity index (χ4v) is 2.47. The quantitative estimate of drug-likeness (QED) is 0.798. The first kappa shape index (κ1) is 17.8. The van der Waals surface area contributed by atoms with Crippen molar-refractivity contribution in [2.24, 2.45) is 0 Å². The number of carbonyl (C=O) groups is 1. The molecule has 5 heteroatoms. The molecule has 2 aromatic rings. The molecule has 0 atom stereocenters. The topological polar surface area (TPSA) is 62.1 Å². The van der Waals surface area contributed by atoms with E-state index in [0.29, 0.717) is 24.6 Å². The first-order valence-corrected chi connectivity index (χ1v) is 8.15. The number of nitrogens with one attached hydrogen (secondary N) is 1. The Labute approximate surface area is 147 Å². The van der Waals surface area contributed by atoms with Crippen LogP contribution in [-0.4, -0.2) is 19.1 Å². The molecule has 0 spiro atoms. The lowest BCUT2D eigenvalue weighted by molar-refractivity contribution is -0.120. The van der Waals surface area contributed by atoms with Crippen molar-refractivity contribution in [1.29, 1.82) is 5.26 Å². The number of halogens is 1. The second-order valence-corrected chi connectivity index (χ2v) is 5.71. The minimum atomic E-state index is -0.272. The van der Waals surface area contributed by atoms with Gasteiger partial charge in [0.2, 0.25) is 5.91 Å². The van der Waals surface area contributed by atoms with E-state index in [1.54, 1.807) is 6.07 Å². The minimum absolute atomic E-state index is 0.129. The van der Waals surface area contributed by atoms with Gasteiger partial charge >= 0.3 is 0 Å². The van der Waals surface area contributed by atoms with Crippen LogP contribution in [-0.2, 0) is 17.6 Å². The third kappa shape index (κ3) is 5.94. The van der Waals surface area contributed by atoms with Crippen LogP contribution in [0.4, 0.5) is 0 Å². The van der Waals surface area contributed by atoms with Crippen molar-refractivity contribution >= 4 is 17.5 Å². The molecule has 2 aromatic carbocycles. The maximum atomic E-state index is 11.3. The normalized spacial score (nSPS) is 10.0. The van der Waals surface area contributed by atoms with Crippen molar-refractivity contribution in [3.8, 4) is 11.8 Å². The number of rotatable bonds is 8. The number of nitriles is 1. The van der Waals surface area contributed by atoms with Gasteiger partial charge in [0.05, 0.1) is 12.7 Å². The zero-order chi connectivity index (χ0) is 17.2. The number of hydrogen-bond acceptors (Lipinski definition) is 3. The summed E-state index contributed by atoms with van der Waals surface area (Å²) in [4.78, 5) is 11.3. The molecule has 24 heavy (non-hydrogen) atoms. The van der Waals surface area contributed by atoms with Crippen molar-refractivity contribution in [3.63, 3.8) is 0 Å². The molecule has 0 radical (unpaired) electrons. The van der Waals surface area contributed by atoms with E-state index in [2.05, 4.69) is 17.4 Å². The molecule has 0 bridgehead atoms. The highest BCUT2D eigenvalue weighted by Crippen LogP contribution is 2.23. The number of amides is 1. The van der Waals surface area contributed by atoms with Crippen LogP contribution in [0.15, 0.2) is 48.5 Å². The third-order valence-electron chi connectivity index (χ3n) is 3.47. The Hall–Kier alpha value is -2.51. The van der Waals surface area contributed by atoms with E-state index in [4.69, 9.17) is 21.6 Å². The van der Waals surface area contributed by atoms with Crippen LogP contribution in [0.1, 0.15) is 17.5 Å². The van der Waals surface area contributed by atoms with E-state index in [0.717, 1.165) is 17.7 Å². The molecule has 0 aliphatic heterocycles. The molecule has 4 nitrogen and oxygen atoms in total. The number of ether oxygens (including phenoxy) is 1. The van der Waals surface area contributed by atoms with Crippen molar-refractivity contribution < 1.29 is 9.53 Å². The summed E-state index contributed by atoms with van der Waals surface area (Å²) in [7, 11) is 0. The molecule has 1 amide bonds. The molecule has 0 aliphatic carbocycles. The van der Waals surface area contributed by atoms with Crippen molar-refractivity contribution in [2.75, 3.05) is 13.2 Å². The monoisotopic (exact) mass is 342 g/mol. The van der Waals surface area contributed by atoms with Crippen LogP contribution >= 0.6 is 11.6 Å². The number of benzene rings is 2. The Balaban J connectivity index is 1.89. The van der Waals surface area contributed by atoms with Crippen LogP contribution < -0.4 is 10.1 Å². The number of nitrogens with zero attached hydrogens (tertiary/aromatic N) is 1. The molecule has 0 saturated heterocycles. The molecular formula is C19H19ClN2O2. The minimum Gasteiger partial charge on any atom is -0.493 e. The van der Waals surface area contributed by atoms with Gasteiger partial charge < -0.3 is 10.1 Å². The van der Waals surface area contributed by atoms with Crippen LogP contribution in [0, 0.1) is 11.3 Å².